The maximum absolute atomic E-state index is 13.2. The molecule has 8 heteroatoms. The van der Waals surface area contributed by atoms with E-state index in [1.165, 1.54) is 23.5 Å². The third-order valence-corrected chi connectivity index (χ3v) is 5.92. The van der Waals surface area contributed by atoms with E-state index in [1.54, 1.807) is 24.4 Å². The van der Waals surface area contributed by atoms with E-state index in [1.807, 2.05) is 37.3 Å². The highest BCUT2D eigenvalue weighted by Gasteiger charge is 2.17. The lowest BCUT2D eigenvalue weighted by atomic mass is 10.2. The number of aryl methyl sites for hydroxylation is 1. The number of hydrogen-bond donors (Lipinski definition) is 2. The number of pyridine rings is 1. The van der Waals surface area contributed by atoms with Gasteiger partial charge in [0, 0.05) is 17.4 Å². The van der Waals surface area contributed by atoms with Crippen LogP contribution in [-0.4, -0.2) is 25.8 Å². The molecule has 152 valence electrons. The van der Waals surface area contributed by atoms with Crippen LogP contribution in [0.2, 0.25) is 0 Å². The maximum atomic E-state index is 13.2. The van der Waals surface area contributed by atoms with Gasteiger partial charge in [0.05, 0.1) is 22.4 Å². The van der Waals surface area contributed by atoms with E-state index in [2.05, 4.69) is 25.3 Å². The molecule has 0 aliphatic heterocycles. The number of carbonyl (C=O) groups excluding carboxylic acids is 1. The van der Waals surface area contributed by atoms with Gasteiger partial charge < -0.3 is 10.3 Å². The molecule has 3 heterocycles. The molecule has 31 heavy (non-hydrogen) atoms. The Morgan fingerprint density at radius 2 is 1.90 bits per heavy atom. The van der Waals surface area contributed by atoms with Crippen molar-refractivity contribution in [2.45, 2.75) is 6.92 Å². The minimum absolute atomic E-state index is 0.227. The maximum Gasteiger partial charge on any atom is 0.267 e. The number of benzene rings is 2. The van der Waals surface area contributed by atoms with E-state index in [9.17, 15) is 9.18 Å². The number of aromatic nitrogens is 4. The molecule has 0 saturated heterocycles. The largest absolute Gasteiger partial charge is 0.338 e. The van der Waals surface area contributed by atoms with Gasteiger partial charge in [-0.05, 0) is 61.5 Å². The van der Waals surface area contributed by atoms with E-state index >= 15 is 0 Å². The lowest BCUT2D eigenvalue weighted by Gasteiger charge is -2.03. The summed E-state index contributed by atoms with van der Waals surface area (Å²) in [6.45, 7) is 1.81. The van der Waals surface area contributed by atoms with E-state index in [-0.39, 0.29) is 11.7 Å². The van der Waals surface area contributed by atoms with Gasteiger partial charge in [-0.15, -0.1) is 11.3 Å². The predicted octanol–water partition coefficient (Wildman–Crippen LogP) is 5.45. The van der Waals surface area contributed by atoms with Crippen molar-refractivity contribution in [1.29, 1.82) is 0 Å². The van der Waals surface area contributed by atoms with Crippen LogP contribution in [0.15, 0.2) is 66.9 Å². The zero-order valence-electron chi connectivity index (χ0n) is 16.4. The summed E-state index contributed by atoms with van der Waals surface area (Å²) in [7, 11) is 0. The second-order valence-corrected chi connectivity index (χ2v) is 7.93. The average molecular weight is 429 g/mol. The Labute approximate surface area is 180 Å². The summed E-state index contributed by atoms with van der Waals surface area (Å²) in [4.78, 5) is 29.9. The van der Waals surface area contributed by atoms with Crippen molar-refractivity contribution in [2.24, 2.45) is 0 Å². The van der Waals surface area contributed by atoms with Crippen LogP contribution >= 0.6 is 11.3 Å². The molecule has 0 radical (unpaired) electrons. The Bertz CT molecular complexity index is 1390. The molecule has 3 aromatic heterocycles. The molecule has 0 spiro atoms. The number of nitrogens with one attached hydrogen (secondary N) is 2. The van der Waals surface area contributed by atoms with Gasteiger partial charge in [0.2, 0.25) is 0 Å². The number of hydrogen-bond acceptors (Lipinski definition) is 5. The number of fused-ring (bicyclic) bond motifs is 1. The Morgan fingerprint density at radius 3 is 2.68 bits per heavy atom. The van der Waals surface area contributed by atoms with Gasteiger partial charge in [-0.25, -0.2) is 14.4 Å². The van der Waals surface area contributed by atoms with Crippen molar-refractivity contribution >= 4 is 34.0 Å². The molecular weight excluding hydrogens is 413 g/mol. The Hall–Kier alpha value is -3.91. The zero-order chi connectivity index (χ0) is 21.4. The molecule has 0 fully saturated rings. The van der Waals surface area contributed by atoms with Gasteiger partial charge in [0.25, 0.3) is 5.91 Å². The number of nitrogens with zero attached hydrogens (tertiary/aromatic N) is 3. The van der Waals surface area contributed by atoms with Crippen molar-refractivity contribution in [1.82, 2.24) is 19.9 Å². The van der Waals surface area contributed by atoms with Crippen molar-refractivity contribution in [3.8, 4) is 22.1 Å². The van der Waals surface area contributed by atoms with E-state index < -0.39 is 0 Å². The first-order valence-corrected chi connectivity index (χ1v) is 10.3. The SMILES string of the molecule is Cc1nc(-c2ccccn2)sc1C(=O)Nc1ccc2nc(-c3ccc(F)cc3)[nH]c2c1. The molecule has 0 saturated carbocycles. The van der Waals surface area contributed by atoms with E-state index in [0.717, 1.165) is 22.3 Å². The fourth-order valence-corrected chi connectivity index (χ4v) is 4.16. The summed E-state index contributed by atoms with van der Waals surface area (Å²) in [5.41, 5.74) is 4.34. The highest BCUT2D eigenvalue weighted by atomic mass is 32.1. The quantitative estimate of drug-likeness (QED) is 0.398. The normalized spacial score (nSPS) is 11.0. The van der Waals surface area contributed by atoms with Crippen LogP contribution in [0.1, 0.15) is 15.4 Å². The Kier molecular flexibility index (Phi) is 4.76. The highest BCUT2D eigenvalue weighted by Crippen LogP contribution is 2.28. The molecule has 0 unspecified atom stereocenters. The van der Waals surface area contributed by atoms with Crippen molar-refractivity contribution in [3.63, 3.8) is 0 Å². The second kappa shape index (κ2) is 7.73. The van der Waals surface area contributed by atoms with Gasteiger partial charge in [-0.2, -0.15) is 0 Å². The number of H-pyrrole nitrogens is 1. The highest BCUT2D eigenvalue weighted by molar-refractivity contribution is 7.17. The van der Waals surface area contributed by atoms with Crippen LogP contribution in [-0.2, 0) is 0 Å². The Balaban J connectivity index is 1.40. The van der Waals surface area contributed by atoms with E-state index in [4.69, 9.17) is 0 Å². The molecule has 1 amide bonds. The predicted molar refractivity (Wildman–Crippen MR) is 120 cm³/mol. The smallest absolute Gasteiger partial charge is 0.267 e. The van der Waals surface area contributed by atoms with Gasteiger partial charge in [-0.1, -0.05) is 6.07 Å². The molecule has 6 nitrogen and oxygen atoms in total. The standard InChI is InChI=1S/C23H16FN5OS/c1-13-20(31-23(26-13)18-4-2-3-11-25-18)22(30)27-16-9-10-17-19(12-16)29-21(28-17)14-5-7-15(24)8-6-14/h2-12H,1H3,(H,27,30)(H,28,29). The fourth-order valence-electron chi connectivity index (χ4n) is 3.23. The molecule has 0 aliphatic carbocycles. The Morgan fingerprint density at radius 1 is 1.06 bits per heavy atom. The van der Waals surface area contributed by atoms with Gasteiger partial charge in [-0.3, -0.25) is 9.78 Å². The van der Waals surface area contributed by atoms with Crippen LogP contribution in [0.4, 0.5) is 10.1 Å². The molecular formula is C23H16FN5OS. The molecule has 0 bridgehead atoms. The van der Waals surface area contributed by atoms with Crippen molar-refractivity contribution < 1.29 is 9.18 Å². The summed E-state index contributed by atoms with van der Waals surface area (Å²) in [5.74, 6) is 0.112. The third kappa shape index (κ3) is 3.80. The average Bonchev–Trinajstić information content (AvgIpc) is 3.38. The number of imidazole rings is 1. The third-order valence-electron chi connectivity index (χ3n) is 4.74. The number of aromatic amines is 1. The second-order valence-electron chi connectivity index (χ2n) is 6.93. The van der Waals surface area contributed by atoms with Crippen LogP contribution in [0, 0.1) is 12.7 Å². The van der Waals surface area contributed by atoms with Gasteiger partial charge >= 0.3 is 0 Å². The van der Waals surface area contributed by atoms with Crippen LogP contribution in [0.3, 0.4) is 0 Å². The summed E-state index contributed by atoms with van der Waals surface area (Å²) in [6.07, 6.45) is 1.70. The number of carbonyl (C=O) groups is 1. The van der Waals surface area contributed by atoms with Gasteiger partial charge in [0.1, 0.15) is 21.5 Å². The molecule has 5 aromatic rings. The number of amides is 1. The minimum atomic E-state index is -0.297. The molecule has 0 atom stereocenters. The molecule has 5 rings (SSSR count). The van der Waals surface area contributed by atoms with Gasteiger partial charge in [0.15, 0.2) is 0 Å². The lowest BCUT2D eigenvalue weighted by molar-refractivity contribution is 0.103. The first kappa shape index (κ1) is 19.1. The van der Waals surface area contributed by atoms with Crippen LogP contribution in [0.5, 0.6) is 0 Å². The number of rotatable bonds is 4. The molecule has 2 aromatic carbocycles. The lowest BCUT2D eigenvalue weighted by Crippen LogP contribution is -2.11. The summed E-state index contributed by atoms with van der Waals surface area (Å²) in [6, 6.07) is 17.2. The minimum Gasteiger partial charge on any atom is -0.338 e. The first-order chi connectivity index (χ1) is 15.1. The van der Waals surface area contributed by atoms with Crippen molar-refractivity contribution in [2.75, 3.05) is 5.32 Å². The molecule has 0 aliphatic rings. The zero-order valence-corrected chi connectivity index (χ0v) is 17.2. The summed E-state index contributed by atoms with van der Waals surface area (Å²) in [5, 5.41) is 3.63. The van der Waals surface area contributed by atoms with Crippen LogP contribution in [0.25, 0.3) is 33.1 Å². The number of thiazole rings is 1. The van der Waals surface area contributed by atoms with Crippen LogP contribution < -0.4 is 5.32 Å². The first-order valence-electron chi connectivity index (χ1n) is 9.53. The van der Waals surface area contributed by atoms with E-state index in [0.29, 0.717) is 27.1 Å². The fraction of sp³-hybridized carbons (Fsp3) is 0.0435. The van der Waals surface area contributed by atoms with Crippen molar-refractivity contribution in [3.05, 3.63) is 83.2 Å². The number of halogens is 1. The topological polar surface area (TPSA) is 83.6 Å². The summed E-state index contributed by atoms with van der Waals surface area (Å²) >= 11 is 1.31. The monoisotopic (exact) mass is 429 g/mol. The molecule has 2 N–H and O–H groups in total. The summed E-state index contributed by atoms with van der Waals surface area (Å²) < 4.78 is 13.2. The number of anilines is 1.